The minimum Gasteiger partial charge on any atom is -0.447 e. The molecule has 0 bridgehead atoms. The Bertz CT molecular complexity index is 255. The van der Waals surface area contributed by atoms with Crippen LogP contribution >= 0.6 is 11.8 Å². The second kappa shape index (κ2) is 3.49. The first kappa shape index (κ1) is 8.13. The normalized spacial score (nSPS) is 23.2. The van der Waals surface area contributed by atoms with Crippen molar-refractivity contribution in [3.8, 4) is 0 Å². The molecular weight excluding hydrogens is 172 g/mol. The zero-order valence-electron chi connectivity index (χ0n) is 6.82. The lowest BCUT2D eigenvalue weighted by Crippen LogP contribution is -1.97. The summed E-state index contributed by atoms with van der Waals surface area (Å²) in [5.74, 6) is 1.90. The predicted molar refractivity (Wildman–Crippen MR) is 48.8 cm³/mol. The van der Waals surface area contributed by atoms with Gasteiger partial charge in [-0.25, -0.2) is 4.98 Å². The van der Waals surface area contributed by atoms with Gasteiger partial charge in [0.05, 0.1) is 17.5 Å². The lowest BCUT2D eigenvalue weighted by atomic mass is 10.2. The van der Waals surface area contributed by atoms with Crippen molar-refractivity contribution in [1.29, 1.82) is 0 Å². The SMILES string of the molecule is NCc1nc(C2CCCS2)co1. The van der Waals surface area contributed by atoms with Crippen LogP contribution in [0.2, 0.25) is 0 Å². The van der Waals surface area contributed by atoms with Gasteiger partial charge in [-0.1, -0.05) is 0 Å². The lowest BCUT2D eigenvalue weighted by Gasteiger charge is -2.00. The molecule has 4 heteroatoms. The van der Waals surface area contributed by atoms with Gasteiger partial charge in [0, 0.05) is 0 Å². The van der Waals surface area contributed by atoms with E-state index in [-0.39, 0.29) is 0 Å². The van der Waals surface area contributed by atoms with E-state index in [0.717, 1.165) is 5.69 Å². The summed E-state index contributed by atoms with van der Waals surface area (Å²) in [6.07, 6.45) is 4.26. The van der Waals surface area contributed by atoms with Gasteiger partial charge in [-0.15, -0.1) is 0 Å². The minimum atomic E-state index is 0.400. The highest BCUT2D eigenvalue weighted by atomic mass is 32.2. The molecular formula is C8H12N2OS. The molecule has 2 heterocycles. The molecule has 2 rings (SSSR count). The van der Waals surface area contributed by atoms with Gasteiger partial charge in [-0.05, 0) is 18.6 Å². The van der Waals surface area contributed by atoms with Crippen molar-refractivity contribution in [1.82, 2.24) is 4.98 Å². The summed E-state index contributed by atoms with van der Waals surface area (Å²) in [5, 5.41) is 0.550. The number of nitrogens with two attached hydrogens (primary N) is 1. The van der Waals surface area contributed by atoms with E-state index in [1.165, 1.54) is 18.6 Å². The third-order valence-electron chi connectivity index (χ3n) is 2.00. The maximum atomic E-state index is 5.40. The fourth-order valence-electron chi connectivity index (χ4n) is 1.38. The summed E-state index contributed by atoms with van der Waals surface area (Å²) >= 11 is 1.96. The number of thioether (sulfide) groups is 1. The summed E-state index contributed by atoms with van der Waals surface area (Å²) in [6.45, 7) is 0.400. The van der Waals surface area contributed by atoms with E-state index >= 15 is 0 Å². The second-order valence-corrected chi connectivity index (χ2v) is 4.18. The molecule has 0 aliphatic carbocycles. The molecule has 0 spiro atoms. The maximum Gasteiger partial charge on any atom is 0.207 e. The van der Waals surface area contributed by atoms with Crippen molar-refractivity contribution in [3.05, 3.63) is 17.8 Å². The average molecular weight is 184 g/mol. The fraction of sp³-hybridized carbons (Fsp3) is 0.625. The van der Waals surface area contributed by atoms with Crippen molar-refractivity contribution in [2.24, 2.45) is 5.73 Å². The van der Waals surface area contributed by atoms with E-state index in [2.05, 4.69) is 4.98 Å². The highest BCUT2D eigenvalue weighted by molar-refractivity contribution is 7.99. The average Bonchev–Trinajstić information content (AvgIpc) is 2.75. The molecule has 1 unspecified atom stereocenters. The van der Waals surface area contributed by atoms with Crippen molar-refractivity contribution in [2.75, 3.05) is 5.75 Å². The summed E-state index contributed by atoms with van der Waals surface area (Å²) < 4.78 is 5.18. The van der Waals surface area contributed by atoms with E-state index < -0.39 is 0 Å². The molecule has 1 aliphatic rings. The summed E-state index contributed by atoms with van der Waals surface area (Å²) in [7, 11) is 0. The first-order valence-corrected chi connectivity index (χ1v) is 5.21. The van der Waals surface area contributed by atoms with Crippen LogP contribution in [-0.4, -0.2) is 10.7 Å². The van der Waals surface area contributed by atoms with E-state index in [1.54, 1.807) is 6.26 Å². The summed E-state index contributed by atoms with van der Waals surface area (Å²) in [6, 6.07) is 0. The topological polar surface area (TPSA) is 52.0 Å². The summed E-state index contributed by atoms with van der Waals surface area (Å²) in [4.78, 5) is 4.30. The van der Waals surface area contributed by atoms with Crippen LogP contribution in [0.4, 0.5) is 0 Å². The minimum absolute atomic E-state index is 0.400. The zero-order valence-corrected chi connectivity index (χ0v) is 7.64. The molecule has 1 aliphatic heterocycles. The highest BCUT2D eigenvalue weighted by Crippen LogP contribution is 2.39. The molecule has 66 valence electrons. The maximum absolute atomic E-state index is 5.40. The Hall–Kier alpha value is -0.480. The molecule has 12 heavy (non-hydrogen) atoms. The molecule has 0 aromatic carbocycles. The first-order valence-electron chi connectivity index (χ1n) is 4.16. The Labute approximate surface area is 75.7 Å². The van der Waals surface area contributed by atoms with Crippen molar-refractivity contribution in [3.63, 3.8) is 0 Å². The van der Waals surface area contributed by atoms with Crippen LogP contribution < -0.4 is 5.73 Å². The Morgan fingerprint density at radius 3 is 3.25 bits per heavy atom. The lowest BCUT2D eigenvalue weighted by molar-refractivity contribution is 0.497. The van der Waals surface area contributed by atoms with Crippen LogP contribution in [0.1, 0.15) is 29.7 Å². The third kappa shape index (κ3) is 1.49. The molecule has 0 amide bonds. The van der Waals surface area contributed by atoms with Gasteiger partial charge in [-0.3, -0.25) is 0 Å². The highest BCUT2D eigenvalue weighted by Gasteiger charge is 2.20. The van der Waals surface area contributed by atoms with E-state index in [0.29, 0.717) is 17.7 Å². The Morgan fingerprint density at radius 1 is 1.75 bits per heavy atom. The van der Waals surface area contributed by atoms with Gasteiger partial charge < -0.3 is 10.2 Å². The predicted octanol–water partition coefficient (Wildman–Crippen LogP) is 1.70. The first-order chi connectivity index (χ1) is 5.90. The molecule has 3 nitrogen and oxygen atoms in total. The van der Waals surface area contributed by atoms with E-state index in [1.807, 2.05) is 11.8 Å². The number of aromatic nitrogens is 1. The molecule has 1 atom stereocenters. The standard InChI is InChI=1S/C8H12N2OS/c9-4-8-10-6(5-11-8)7-2-1-3-12-7/h5,7H,1-4,9H2. The van der Waals surface area contributed by atoms with Crippen molar-refractivity contribution < 1.29 is 4.42 Å². The fourth-order valence-corrected chi connectivity index (χ4v) is 2.61. The van der Waals surface area contributed by atoms with Crippen LogP contribution in [0.5, 0.6) is 0 Å². The zero-order chi connectivity index (χ0) is 8.39. The van der Waals surface area contributed by atoms with Gasteiger partial charge >= 0.3 is 0 Å². The van der Waals surface area contributed by atoms with Crippen molar-refractivity contribution >= 4 is 11.8 Å². The number of rotatable bonds is 2. The van der Waals surface area contributed by atoms with Crippen LogP contribution in [0.3, 0.4) is 0 Å². The van der Waals surface area contributed by atoms with E-state index in [9.17, 15) is 0 Å². The van der Waals surface area contributed by atoms with Crippen LogP contribution in [-0.2, 0) is 6.54 Å². The molecule has 0 radical (unpaired) electrons. The van der Waals surface area contributed by atoms with Gasteiger partial charge in [0.25, 0.3) is 0 Å². The smallest absolute Gasteiger partial charge is 0.207 e. The molecule has 0 saturated carbocycles. The number of oxazole rings is 1. The Balaban J connectivity index is 2.11. The Kier molecular flexibility index (Phi) is 2.37. The molecule has 1 fully saturated rings. The van der Waals surface area contributed by atoms with Gasteiger partial charge in [-0.2, -0.15) is 11.8 Å². The third-order valence-corrected chi connectivity index (χ3v) is 3.41. The molecule has 1 aromatic rings. The number of nitrogens with zero attached hydrogens (tertiary/aromatic N) is 1. The van der Waals surface area contributed by atoms with Gasteiger partial charge in [0.1, 0.15) is 6.26 Å². The second-order valence-electron chi connectivity index (χ2n) is 2.87. The van der Waals surface area contributed by atoms with Crippen LogP contribution in [0.25, 0.3) is 0 Å². The quantitative estimate of drug-likeness (QED) is 0.760. The summed E-state index contributed by atoms with van der Waals surface area (Å²) in [5.41, 5.74) is 6.47. The van der Waals surface area contributed by atoms with Crippen LogP contribution in [0, 0.1) is 0 Å². The Morgan fingerprint density at radius 2 is 2.67 bits per heavy atom. The molecule has 1 aromatic heterocycles. The van der Waals surface area contributed by atoms with Gasteiger partial charge in [0.2, 0.25) is 5.89 Å². The number of hydrogen-bond acceptors (Lipinski definition) is 4. The largest absolute Gasteiger partial charge is 0.447 e. The molecule has 1 saturated heterocycles. The van der Waals surface area contributed by atoms with Gasteiger partial charge in [0.15, 0.2) is 0 Å². The monoisotopic (exact) mass is 184 g/mol. The molecule has 2 N–H and O–H groups in total. The van der Waals surface area contributed by atoms with Crippen LogP contribution in [0.15, 0.2) is 10.7 Å². The number of hydrogen-bond donors (Lipinski definition) is 1. The van der Waals surface area contributed by atoms with Crippen molar-refractivity contribution in [2.45, 2.75) is 24.6 Å². The van der Waals surface area contributed by atoms with E-state index in [4.69, 9.17) is 10.2 Å².